The summed E-state index contributed by atoms with van der Waals surface area (Å²) in [7, 11) is 0. The Labute approximate surface area is 149 Å². The zero-order valence-corrected chi connectivity index (χ0v) is 14.8. The van der Waals surface area contributed by atoms with Crippen LogP contribution in [0.2, 0.25) is 8.67 Å². The van der Waals surface area contributed by atoms with Crippen LogP contribution in [0, 0.1) is 0 Å². The van der Waals surface area contributed by atoms with Crippen molar-refractivity contribution in [2.45, 2.75) is 24.8 Å². The number of carbonyl (C=O) groups excluding carboxylic acids is 1. The number of hydrogen-bond donors (Lipinski definition) is 1. The number of carbonyl (C=O) groups is 1. The lowest BCUT2D eigenvalue weighted by Gasteiger charge is -2.37. The van der Waals surface area contributed by atoms with E-state index in [4.69, 9.17) is 23.2 Å². The zero-order valence-electron chi connectivity index (χ0n) is 12.5. The number of benzene rings is 1. The van der Waals surface area contributed by atoms with Crippen molar-refractivity contribution >= 4 is 40.4 Å². The Kier molecular flexibility index (Phi) is 4.97. The van der Waals surface area contributed by atoms with Crippen LogP contribution in [0.4, 0.5) is 0 Å². The second-order valence-electron chi connectivity index (χ2n) is 5.84. The number of thiophene rings is 1. The minimum absolute atomic E-state index is 0.0663. The Morgan fingerprint density at radius 2 is 2.04 bits per heavy atom. The second-order valence-corrected chi connectivity index (χ2v) is 8.13. The molecule has 0 radical (unpaired) electrons. The third-order valence-corrected chi connectivity index (χ3v) is 5.89. The van der Waals surface area contributed by atoms with Gasteiger partial charge in [0, 0.05) is 6.54 Å². The summed E-state index contributed by atoms with van der Waals surface area (Å²) in [6, 6.07) is 11.5. The van der Waals surface area contributed by atoms with Gasteiger partial charge < -0.3 is 10.0 Å². The van der Waals surface area contributed by atoms with Crippen molar-refractivity contribution in [2.24, 2.45) is 0 Å². The highest BCUT2D eigenvalue weighted by atomic mass is 35.5. The highest BCUT2D eigenvalue weighted by Gasteiger charge is 2.44. The number of halogens is 2. The molecule has 0 spiro atoms. The van der Waals surface area contributed by atoms with E-state index in [-0.39, 0.29) is 12.5 Å². The van der Waals surface area contributed by atoms with E-state index < -0.39 is 5.54 Å². The first-order chi connectivity index (χ1) is 11.1. The molecule has 3 rings (SSSR count). The van der Waals surface area contributed by atoms with Gasteiger partial charge in [0.25, 0.3) is 5.91 Å². The number of hydrogen-bond acceptors (Lipinski definition) is 3. The predicted molar refractivity (Wildman–Crippen MR) is 94.6 cm³/mol. The number of aliphatic hydroxyl groups excluding tert-OH is 1. The minimum Gasteiger partial charge on any atom is -0.394 e. The summed E-state index contributed by atoms with van der Waals surface area (Å²) in [5.41, 5.74) is 0.959. The topological polar surface area (TPSA) is 40.5 Å². The molecular formula is C17H17Cl2NO2S. The van der Waals surface area contributed by atoms with E-state index in [9.17, 15) is 9.90 Å². The van der Waals surface area contributed by atoms with Crippen LogP contribution in [0.1, 0.15) is 28.8 Å². The van der Waals surface area contributed by atoms with Crippen molar-refractivity contribution < 1.29 is 9.90 Å². The Balaban J connectivity index is 1.91. The van der Waals surface area contributed by atoms with Crippen LogP contribution in [0.25, 0.3) is 0 Å². The van der Waals surface area contributed by atoms with Gasteiger partial charge in [-0.1, -0.05) is 53.5 Å². The smallest absolute Gasteiger partial charge is 0.256 e. The Morgan fingerprint density at radius 3 is 2.65 bits per heavy atom. The minimum atomic E-state index is -0.573. The first-order valence-corrected chi connectivity index (χ1v) is 9.04. The molecule has 1 aliphatic heterocycles. The molecule has 1 aromatic heterocycles. The van der Waals surface area contributed by atoms with Gasteiger partial charge in [-0.25, -0.2) is 0 Å². The molecule has 1 amide bonds. The zero-order chi connectivity index (χ0) is 16.4. The molecule has 23 heavy (non-hydrogen) atoms. The van der Waals surface area contributed by atoms with Gasteiger partial charge in [0.15, 0.2) is 0 Å². The van der Waals surface area contributed by atoms with E-state index in [1.165, 1.54) is 11.3 Å². The van der Waals surface area contributed by atoms with E-state index in [1.54, 1.807) is 11.0 Å². The molecule has 1 N–H and O–H groups in total. The molecule has 3 nitrogen and oxygen atoms in total. The van der Waals surface area contributed by atoms with E-state index in [0.717, 1.165) is 18.4 Å². The highest BCUT2D eigenvalue weighted by Crippen LogP contribution is 2.37. The third-order valence-electron chi connectivity index (χ3n) is 4.40. The van der Waals surface area contributed by atoms with Gasteiger partial charge in [0.1, 0.15) is 4.34 Å². The first kappa shape index (κ1) is 16.8. The summed E-state index contributed by atoms with van der Waals surface area (Å²) in [6.45, 7) is 0.555. The molecule has 0 bridgehead atoms. The molecule has 1 aliphatic rings. The fourth-order valence-electron chi connectivity index (χ4n) is 3.27. The molecular weight excluding hydrogens is 353 g/mol. The van der Waals surface area contributed by atoms with Crippen molar-refractivity contribution in [3.8, 4) is 0 Å². The number of rotatable bonds is 4. The fourth-order valence-corrected chi connectivity index (χ4v) is 4.71. The van der Waals surface area contributed by atoms with Crippen LogP contribution in [-0.4, -0.2) is 34.6 Å². The van der Waals surface area contributed by atoms with E-state index >= 15 is 0 Å². The van der Waals surface area contributed by atoms with Crippen LogP contribution in [0.5, 0.6) is 0 Å². The molecule has 1 atom stereocenters. The van der Waals surface area contributed by atoms with Crippen LogP contribution in [0.15, 0.2) is 36.4 Å². The van der Waals surface area contributed by atoms with E-state index in [2.05, 4.69) is 0 Å². The standard InChI is InChI=1S/C17H17Cl2NO2S/c18-14-9-13(15(19)23-14)16(22)20-8-4-7-17(20,11-21)10-12-5-2-1-3-6-12/h1-3,5-6,9,21H,4,7-8,10-11H2. The van der Waals surface area contributed by atoms with Gasteiger partial charge in [-0.3, -0.25) is 4.79 Å². The quantitative estimate of drug-likeness (QED) is 0.874. The number of likely N-dealkylation sites (tertiary alicyclic amines) is 1. The largest absolute Gasteiger partial charge is 0.394 e. The Morgan fingerprint density at radius 1 is 1.30 bits per heavy atom. The molecule has 2 heterocycles. The number of amides is 1. The molecule has 1 aromatic carbocycles. The second kappa shape index (κ2) is 6.81. The predicted octanol–water partition coefficient (Wildman–Crippen LogP) is 4.26. The molecule has 1 unspecified atom stereocenters. The summed E-state index contributed by atoms with van der Waals surface area (Å²) in [5, 5.41) is 10.1. The van der Waals surface area contributed by atoms with Gasteiger partial charge in [0.2, 0.25) is 0 Å². The van der Waals surface area contributed by atoms with Crippen LogP contribution < -0.4 is 0 Å². The van der Waals surface area contributed by atoms with Crippen LogP contribution in [0.3, 0.4) is 0 Å². The van der Waals surface area contributed by atoms with E-state index in [0.29, 0.717) is 27.2 Å². The Hall–Kier alpha value is -1.07. The van der Waals surface area contributed by atoms with E-state index in [1.807, 2.05) is 30.3 Å². The summed E-state index contributed by atoms with van der Waals surface area (Å²) >= 11 is 13.3. The molecule has 2 aromatic rings. The van der Waals surface area contributed by atoms with Crippen molar-refractivity contribution in [1.82, 2.24) is 4.90 Å². The van der Waals surface area contributed by atoms with Gasteiger partial charge in [0.05, 0.1) is 22.0 Å². The summed E-state index contributed by atoms with van der Waals surface area (Å²) < 4.78 is 0.897. The monoisotopic (exact) mass is 369 g/mol. The first-order valence-electron chi connectivity index (χ1n) is 7.47. The number of nitrogens with zero attached hydrogens (tertiary/aromatic N) is 1. The summed E-state index contributed by atoms with van der Waals surface area (Å²) in [4.78, 5) is 14.7. The SMILES string of the molecule is O=C(c1cc(Cl)sc1Cl)N1CCCC1(CO)Cc1ccccc1. The molecule has 6 heteroatoms. The lowest BCUT2D eigenvalue weighted by molar-refractivity contribution is 0.0413. The van der Waals surface area contributed by atoms with Crippen molar-refractivity contribution in [2.75, 3.05) is 13.2 Å². The normalized spacial score (nSPS) is 20.9. The molecule has 0 saturated carbocycles. The number of aliphatic hydroxyl groups is 1. The summed E-state index contributed by atoms with van der Waals surface area (Å²) in [6.07, 6.45) is 2.28. The van der Waals surface area contributed by atoms with Crippen molar-refractivity contribution in [3.63, 3.8) is 0 Å². The maximum atomic E-state index is 12.9. The van der Waals surface area contributed by atoms with Crippen molar-refractivity contribution in [3.05, 3.63) is 56.2 Å². The van der Waals surface area contributed by atoms with Gasteiger partial charge in [-0.2, -0.15) is 0 Å². The molecule has 1 fully saturated rings. The lowest BCUT2D eigenvalue weighted by atomic mass is 9.88. The Bertz CT molecular complexity index is 704. The average Bonchev–Trinajstić information content (AvgIpc) is 3.11. The van der Waals surface area contributed by atoms with Gasteiger partial charge in [-0.15, -0.1) is 11.3 Å². The van der Waals surface area contributed by atoms with Crippen molar-refractivity contribution in [1.29, 1.82) is 0 Å². The lowest BCUT2D eigenvalue weighted by Crippen LogP contribution is -2.51. The maximum absolute atomic E-state index is 12.9. The third kappa shape index (κ3) is 3.26. The summed E-state index contributed by atoms with van der Waals surface area (Å²) in [5.74, 6) is -0.152. The molecule has 1 saturated heterocycles. The highest BCUT2D eigenvalue weighted by molar-refractivity contribution is 7.20. The molecule has 0 aliphatic carbocycles. The maximum Gasteiger partial charge on any atom is 0.256 e. The van der Waals surface area contributed by atoms with Gasteiger partial charge >= 0.3 is 0 Å². The fraction of sp³-hybridized carbons (Fsp3) is 0.353. The van der Waals surface area contributed by atoms with Crippen LogP contribution in [-0.2, 0) is 6.42 Å². The van der Waals surface area contributed by atoms with Crippen LogP contribution >= 0.6 is 34.5 Å². The van der Waals surface area contributed by atoms with Gasteiger partial charge in [-0.05, 0) is 30.9 Å². The molecule has 122 valence electrons. The average molecular weight is 370 g/mol.